The first-order chi connectivity index (χ1) is 20.3. The van der Waals surface area contributed by atoms with Gasteiger partial charge >= 0.3 is 0 Å². The molecule has 9 rings (SSSR count). The fourth-order valence-electron chi connectivity index (χ4n) is 6.83. The maximum Gasteiger partial charge on any atom is 0.143 e. The Labute approximate surface area is 236 Å². The van der Waals surface area contributed by atoms with Crippen LogP contribution in [0.4, 0.5) is 0 Å². The Morgan fingerprint density at radius 3 is 1.59 bits per heavy atom. The van der Waals surface area contributed by atoms with Crippen LogP contribution in [0, 0.1) is 0 Å². The molecule has 190 valence electrons. The van der Waals surface area contributed by atoms with Crippen LogP contribution in [0.15, 0.2) is 150 Å². The lowest BCUT2D eigenvalue weighted by atomic mass is 9.87. The zero-order valence-corrected chi connectivity index (χ0v) is 22.3. The fraction of sp³-hybridized carbons (Fsp3) is 0. The van der Waals surface area contributed by atoms with Crippen LogP contribution in [0.25, 0.3) is 87.3 Å². The summed E-state index contributed by atoms with van der Waals surface area (Å²) in [6.07, 6.45) is 0. The minimum atomic E-state index is 0.922. The molecule has 0 amide bonds. The van der Waals surface area contributed by atoms with E-state index in [9.17, 15) is 0 Å². The summed E-state index contributed by atoms with van der Waals surface area (Å²) in [5.74, 6) is 0. The Hall–Kier alpha value is -5.40. The second-order valence-corrected chi connectivity index (χ2v) is 10.8. The minimum absolute atomic E-state index is 0.922. The standard InChI is InChI=1S/C40H24O/c1-2-15-30-28(13-1)29-14-3-5-18-33(29)39-34-19-6-4-16-31(34)36(24-37(30)39)26-12-9-11-25(23-26)27-20-10-21-35-32-17-7-8-22-38(32)41-40(27)35/h1-24H. The molecule has 0 bridgehead atoms. The van der Waals surface area contributed by atoms with Crippen LogP contribution in [0.5, 0.6) is 0 Å². The quantitative estimate of drug-likeness (QED) is 0.207. The van der Waals surface area contributed by atoms with Gasteiger partial charge in [0.2, 0.25) is 0 Å². The lowest BCUT2D eigenvalue weighted by molar-refractivity contribution is 0.670. The van der Waals surface area contributed by atoms with Gasteiger partial charge < -0.3 is 4.42 Å². The van der Waals surface area contributed by atoms with Crippen LogP contribution in [0.3, 0.4) is 0 Å². The van der Waals surface area contributed by atoms with Crippen LogP contribution in [-0.2, 0) is 0 Å². The number of hydrogen-bond acceptors (Lipinski definition) is 1. The molecule has 9 aromatic rings. The summed E-state index contributed by atoms with van der Waals surface area (Å²) in [5.41, 5.74) is 6.57. The summed E-state index contributed by atoms with van der Waals surface area (Å²) in [6.45, 7) is 0. The second-order valence-electron chi connectivity index (χ2n) is 10.8. The van der Waals surface area contributed by atoms with Gasteiger partial charge in [-0.25, -0.2) is 0 Å². The van der Waals surface area contributed by atoms with Gasteiger partial charge in [0.1, 0.15) is 11.2 Å². The number of furan rings is 1. The molecule has 1 heteroatoms. The van der Waals surface area contributed by atoms with Gasteiger partial charge in [-0.1, -0.05) is 127 Å². The number of para-hydroxylation sites is 2. The average Bonchev–Trinajstić information content (AvgIpc) is 3.43. The van der Waals surface area contributed by atoms with E-state index in [0.717, 1.165) is 33.1 Å². The molecular weight excluding hydrogens is 496 g/mol. The van der Waals surface area contributed by atoms with Crippen molar-refractivity contribution < 1.29 is 4.42 Å². The van der Waals surface area contributed by atoms with E-state index >= 15 is 0 Å². The molecule has 0 saturated carbocycles. The molecule has 1 aromatic heterocycles. The zero-order valence-electron chi connectivity index (χ0n) is 22.3. The van der Waals surface area contributed by atoms with Crippen molar-refractivity contribution in [2.75, 3.05) is 0 Å². The Kier molecular flexibility index (Phi) is 4.67. The maximum absolute atomic E-state index is 6.40. The van der Waals surface area contributed by atoms with Gasteiger partial charge in [0, 0.05) is 16.3 Å². The van der Waals surface area contributed by atoms with Gasteiger partial charge in [-0.3, -0.25) is 0 Å². The molecule has 0 atom stereocenters. The first-order valence-electron chi connectivity index (χ1n) is 14.1. The molecule has 0 radical (unpaired) electrons. The number of hydrogen-bond donors (Lipinski definition) is 0. The summed E-state index contributed by atoms with van der Waals surface area (Å²) in [5, 5.41) is 12.6. The molecule has 8 aromatic carbocycles. The molecule has 1 nitrogen and oxygen atoms in total. The van der Waals surface area contributed by atoms with E-state index in [4.69, 9.17) is 4.42 Å². The maximum atomic E-state index is 6.40. The van der Waals surface area contributed by atoms with Crippen molar-refractivity contribution in [3.05, 3.63) is 146 Å². The third-order valence-electron chi connectivity index (χ3n) is 8.64. The zero-order chi connectivity index (χ0) is 26.9. The Bertz CT molecular complexity index is 2480. The van der Waals surface area contributed by atoms with Gasteiger partial charge in [0.15, 0.2) is 0 Å². The van der Waals surface area contributed by atoms with E-state index in [1.807, 2.05) is 12.1 Å². The SMILES string of the molecule is c1cc(-c2cc3c4ccccc4c4ccccc4c3c3ccccc23)cc(-c2cccc3c2oc2ccccc23)c1. The molecular formula is C40H24O. The van der Waals surface area contributed by atoms with Crippen LogP contribution in [-0.4, -0.2) is 0 Å². The highest BCUT2D eigenvalue weighted by Crippen LogP contribution is 2.43. The molecule has 0 unspecified atom stereocenters. The average molecular weight is 521 g/mol. The van der Waals surface area contributed by atoms with E-state index in [1.54, 1.807) is 0 Å². The number of rotatable bonds is 2. The fourth-order valence-corrected chi connectivity index (χ4v) is 6.83. The highest BCUT2D eigenvalue weighted by molar-refractivity contribution is 6.33. The van der Waals surface area contributed by atoms with Crippen LogP contribution in [0.2, 0.25) is 0 Å². The second kappa shape index (κ2) is 8.55. The third-order valence-corrected chi connectivity index (χ3v) is 8.64. The lowest BCUT2D eigenvalue weighted by Crippen LogP contribution is -1.89. The van der Waals surface area contributed by atoms with Crippen molar-refractivity contribution >= 4 is 65.0 Å². The van der Waals surface area contributed by atoms with E-state index in [2.05, 4.69) is 133 Å². The van der Waals surface area contributed by atoms with E-state index < -0.39 is 0 Å². The summed E-state index contributed by atoms with van der Waals surface area (Å²) in [7, 11) is 0. The molecule has 0 saturated heterocycles. The predicted octanol–water partition coefficient (Wildman–Crippen LogP) is 11.5. The molecule has 41 heavy (non-hydrogen) atoms. The Morgan fingerprint density at radius 1 is 0.317 bits per heavy atom. The lowest BCUT2D eigenvalue weighted by Gasteiger charge is -2.16. The first kappa shape index (κ1) is 22.4. The highest BCUT2D eigenvalue weighted by atomic mass is 16.3. The molecule has 0 aliphatic rings. The Morgan fingerprint density at radius 2 is 0.829 bits per heavy atom. The van der Waals surface area contributed by atoms with Crippen LogP contribution in [0.1, 0.15) is 0 Å². The van der Waals surface area contributed by atoms with E-state index in [1.165, 1.54) is 54.2 Å². The van der Waals surface area contributed by atoms with Gasteiger partial charge in [-0.05, 0) is 78.0 Å². The topological polar surface area (TPSA) is 13.1 Å². The molecule has 0 aliphatic heterocycles. The summed E-state index contributed by atoms with van der Waals surface area (Å²) >= 11 is 0. The van der Waals surface area contributed by atoms with Crippen LogP contribution < -0.4 is 0 Å². The molecule has 1 heterocycles. The first-order valence-corrected chi connectivity index (χ1v) is 14.1. The largest absolute Gasteiger partial charge is 0.455 e. The minimum Gasteiger partial charge on any atom is -0.455 e. The van der Waals surface area contributed by atoms with Crippen molar-refractivity contribution in [1.82, 2.24) is 0 Å². The van der Waals surface area contributed by atoms with Crippen molar-refractivity contribution in [2.45, 2.75) is 0 Å². The molecule has 0 fully saturated rings. The molecule has 0 N–H and O–H groups in total. The predicted molar refractivity (Wildman–Crippen MR) is 175 cm³/mol. The van der Waals surface area contributed by atoms with Crippen LogP contribution >= 0.6 is 0 Å². The van der Waals surface area contributed by atoms with Crippen molar-refractivity contribution in [3.63, 3.8) is 0 Å². The van der Waals surface area contributed by atoms with Gasteiger partial charge in [-0.15, -0.1) is 0 Å². The Balaban J connectivity index is 1.36. The third kappa shape index (κ3) is 3.24. The highest BCUT2D eigenvalue weighted by Gasteiger charge is 2.16. The number of fused-ring (bicyclic) bond motifs is 11. The molecule has 0 spiro atoms. The van der Waals surface area contributed by atoms with Gasteiger partial charge in [0.25, 0.3) is 0 Å². The summed E-state index contributed by atoms with van der Waals surface area (Å²) < 4.78 is 6.40. The summed E-state index contributed by atoms with van der Waals surface area (Å²) in [6, 6.07) is 52.6. The van der Waals surface area contributed by atoms with E-state index in [-0.39, 0.29) is 0 Å². The van der Waals surface area contributed by atoms with Gasteiger partial charge in [0.05, 0.1) is 0 Å². The molecule has 0 aliphatic carbocycles. The van der Waals surface area contributed by atoms with Crippen molar-refractivity contribution in [3.8, 4) is 22.3 Å². The van der Waals surface area contributed by atoms with Crippen molar-refractivity contribution in [2.24, 2.45) is 0 Å². The number of benzene rings is 8. The monoisotopic (exact) mass is 520 g/mol. The van der Waals surface area contributed by atoms with Crippen molar-refractivity contribution in [1.29, 1.82) is 0 Å². The van der Waals surface area contributed by atoms with E-state index in [0.29, 0.717) is 0 Å². The summed E-state index contributed by atoms with van der Waals surface area (Å²) in [4.78, 5) is 0. The normalized spacial score (nSPS) is 11.9. The van der Waals surface area contributed by atoms with Gasteiger partial charge in [-0.2, -0.15) is 0 Å². The smallest absolute Gasteiger partial charge is 0.143 e.